The smallest absolute Gasteiger partial charge is 0.0417 e. The van der Waals surface area contributed by atoms with Crippen LogP contribution < -0.4 is 5.11 Å². The van der Waals surface area contributed by atoms with Crippen LogP contribution in [0.1, 0.15) is 12.0 Å². The van der Waals surface area contributed by atoms with Crippen molar-refractivity contribution in [2.75, 3.05) is 0 Å². The van der Waals surface area contributed by atoms with Crippen molar-refractivity contribution in [2.45, 2.75) is 12.8 Å². The molecule has 0 atom stereocenters. The second kappa shape index (κ2) is 3.37. The summed E-state index contributed by atoms with van der Waals surface area (Å²) in [6.45, 7) is 0. The molecule has 1 aromatic heterocycles. The van der Waals surface area contributed by atoms with Crippen LogP contribution in [0.5, 0.6) is 0 Å². The van der Waals surface area contributed by atoms with Gasteiger partial charge in [-0.2, -0.15) is 11.3 Å². The minimum absolute atomic E-state index is 0.122. The summed E-state index contributed by atoms with van der Waals surface area (Å²) >= 11 is 1.58. The van der Waals surface area contributed by atoms with Gasteiger partial charge in [0.2, 0.25) is 0 Å². The molecule has 0 unspecified atom stereocenters. The first kappa shape index (κ1) is 7.28. The van der Waals surface area contributed by atoms with Gasteiger partial charge in [0.05, 0.1) is 0 Å². The van der Waals surface area contributed by atoms with Crippen LogP contribution in [0.3, 0.4) is 0 Å². The average Bonchev–Trinajstić information content (AvgIpc) is 2.34. The summed E-state index contributed by atoms with van der Waals surface area (Å²) in [6.07, 6.45) is 0.711. The van der Waals surface area contributed by atoms with Gasteiger partial charge in [-0.25, -0.2) is 0 Å². The van der Waals surface area contributed by atoms with Crippen molar-refractivity contribution >= 4 is 17.3 Å². The summed E-state index contributed by atoms with van der Waals surface area (Å²) in [7, 11) is 0. The van der Waals surface area contributed by atoms with Gasteiger partial charge in [0.15, 0.2) is 0 Å². The van der Waals surface area contributed by atoms with Gasteiger partial charge >= 0.3 is 0 Å². The Balaban J connectivity index is 2.35. The van der Waals surface area contributed by atoms with Gasteiger partial charge in [-0.3, -0.25) is 0 Å². The Morgan fingerprint density at radius 2 is 2.50 bits per heavy atom. The number of carboxylic acids is 1. The molecule has 0 N–H and O–H groups in total. The zero-order chi connectivity index (χ0) is 7.40. The molecule has 0 radical (unpaired) electrons. The van der Waals surface area contributed by atoms with E-state index in [-0.39, 0.29) is 6.42 Å². The molecule has 0 fully saturated rings. The number of rotatable bonds is 3. The zero-order valence-electron chi connectivity index (χ0n) is 5.37. The molecule has 0 spiro atoms. The molecule has 0 aliphatic carbocycles. The van der Waals surface area contributed by atoms with E-state index >= 15 is 0 Å². The molecular formula is C7H7O2S-. The highest BCUT2D eigenvalue weighted by Gasteiger charge is 1.91. The molecule has 0 aliphatic heterocycles. The van der Waals surface area contributed by atoms with Crippen molar-refractivity contribution in [3.05, 3.63) is 22.4 Å². The van der Waals surface area contributed by atoms with Gasteiger partial charge in [-0.05, 0) is 35.2 Å². The molecule has 3 heteroatoms. The van der Waals surface area contributed by atoms with E-state index in [1.54, 1.807) is 11.3 Å². The number of hydrogen-bond acceptors (Lipinski definition) is 3. The van der Waals surface area contributed by atoms with Crippen molar-refractivity contribution in [3.63, 3.8) is 0 Å². The number of carboxylic acid groups (broad SMARTS) is 1. The van der Waals surface area contributed by atoms with Gasteiger partial charge in [-0.1, -0.05) is 0 Å². The second-order valence-electron chi connectivity index (χ2n) is 2.00. The summed E-state index contributed by atoms with van der Waals surface area (Å²) in [5.74, 6) is -0.980. The Morgan fingerprint density at radius 1 is 1.70 bits per heavy atom. The molecule has 0 saturated heterocycles. The fourth-order valence-corrected chi connectivity index (χ4v) is 1.38. The second-order valence-corrected chi connectivity index (χ2v) is 2.78. The Morgan fingerprint density at radius 3 is 3.00 bits per heavy atom. The maximum absolute atomic E-state index is 9.99. The highest BCUT2D eigenvalue weighted by Crippen LogP contribution is 2.07. The Hall–Kier alpha value is -0.830. The van der Waals surface area contributed by atoms with Crippen LogP contribution in [-0.4, -0.2) is 5.97 Å². The average molecular weight is 155 g/mol. The van der Waals surface area contributed by atoms with Gasteiger partial charge in [0.1, 0.15) is 0 Å². The molecule has 0 aliphatic rings. The van der Waals surface area contributed by atoms with E-state index in [4.69, 9.17) is 0 Å². The van der Waals surface area contributed by atoms with E-state index in [1.807, 2.05) is 16.8 Å². The molecule has 54 valence electrons. The minimum atomic E-state index is -0.980. The third kappa shape index (κ3) is 2.19. The molecule has 1 aromatic rings. The zero-order valence-corrected chi connectivity index (χ0v) is 6.19. The molecular weight excluding hydrogens is 148 g/mol. The summed E-state index contributed by atoms with van der Waals surface area (Å²) in [5.41, 5.74) is 1.08. The summed E-state index contributed by atoms with van der Waals surface area (Å²) in [5, 5.41) is 13.9. The van der Waals surface area contributed by atoms with E-state index in [0.717, 1.165) is 5.56 Å². The number of aliphatic carboxylic acids is 1. The molecule has 10 heavy (non-hydrogen) atoms. The van der Waals surface area contributed by atoms with Crippen molar-refractivity contribution in [2.24, 2.45) is 0 Å². The number of aryl methyl sites for hydroxylation is 1. The number of carbonyl (C=O) groups is 1. The number of thiophene rings is 1. The largest absolute Gasteiger partial charge is 0.550 e. The molecule has 0 bridgehead atoms. The lowest BCUT2D eigenvalue weighted by Gasteiger charge is -1.97. The van der Waals surface area contributed by atoms with Crippen LogP contribution in [0, 0.1) is 0 Å². The van der Waals surface area contributed by atoms with Gasteiger partial charge < -0.3 is 9.90 Å². The quantitative estimate of drug-likeness (QED) is 0.635. The third-order valence-electron chi connectivity index (χ3n) is 1.20. The highest BCUT2D eigenvalue weighted by molar-refractivity contribution is 7.07. The van der Waals surface area contributed by atoms with Crippen molar-refractivity contribution < 1.29 is 9.90 Å². The van der Waals surface area contributed by atoms with Crippen LogP contribution in [0.25, 0.3) is 0 Å². The monoisotopic (exact) mass is 155 g/mol. The fourth-order valence-electron chi connectivity index (χ4n) is 0.681. The highest BCUT2D eigenvalue weighted by atomic mass is 32.1. The van der Waals surface area contributed by atoms with Crippen molar-refractivity contribution in [1.29, 1.82) is 0 Å². The molecule has 0 aromatic carbocycles. The lowest BCUT2D eigenvalue weighted by Crippen LogP contribution is -2.22. The van der Waals surface area contributed by atoms with Gasteiger partial charge in [0.25, 0.3) is 0 Å². The third-order valence-corrected chi connectivity index (χ3v) is 1.93. The van der Waals surface area contributed by atoms with E-state index in [9.17, 15) is 9.90 Å². The maximum Gasteiger partial charge on any atom is 0.0417 e. The summed E-state index contributed by atoms with van der Waals surface area (Å²) < 4.78 is 0. The van der Waals surface area contributed by atoms with Crippen LogP contribution in [-0.2, 0) is 11.2 Å². The summed E-state index contributed by atoms with van der Waals surface area (Å²) in [6, 6.07) is 1.92. The molecule has 1 rings (SSSR count). The predicted octanol–water partition coefficient (Wildman–Crippen LogP) is 0.431. The van der Waals surface area contributed by atoms with Crippen LogP contribution >= 0.6 is 11.3 Å². The Bertz CT molecular complexity index is 203. The molecule has 0 saturated carbocycles. The van der Waals surface area contributed by atoms with E-state index in [1.165, 1.54) is 0 Å². The standard InChI is InChI=1S/C7H8O2S/c8-7(9)2-1-6-3-4-10-5-6/h3-5H,1-2H2,(H,8,9)/p-1. The topological polar surface area (TPSA) is 40.1 Å². The fraction of sp³-hybridized carbons (Fsp3) is 0.286. The lowest BCUT2D eigenvalue weighted by atomic mass is 10.2. The first-order valence-electron chi connectivity index (χ1n) is 3.00. The first-order chi connectivity index (χ1) is 4.79. The minimum Gasteiger partial charge on any atom is -0.550 e. The Labute approximate surface area is 63.1 Å². The lowest BCUT2D eigenvalue weighted by molar-refractivity contribution is -0.305. The van der Waals surface area contributed by atoms with Crippen LogP contribution in [0.2, 0.25) is 0 Å². The number of hydrogen-bond donors (Lipinski definition) is 0. The van der Waals surface area contributed by atoms with Gasteiger partial charge in [-0.15, -0.1) is 0 Å². The molecule has 2 nitrogen and oxygen atoms in total. The van der Waals surface area contributed by atoms with Crippen LogP contribution in [0.4, 0.5) is 0 Å². The Kier molecular flexibility index (Phi) is 2.45. The van der Waals surface area contributed by atoms with Gasteiger partial charge in [0, 0.05) is 5.97 Å². The molecule has 1 heterocycles. The van der Waals surface area contributed by atoms with E-state index < -0.39 is 5.97 Å². The normalized spacial score (nSPS) is 9.60. The molecule has 0 amide bonds. The van der Waals surface area contributed by atoms with E-state index in [0.29, 0.717) is 6.42 Å². The van der Waals surface area contributed by atoms with E-state index in [2.05, 4.69) is 0 Å². The SMILES string of the molecule is O=C([O-])CCc1ccsc1. The maximum atomic E-state index is 9.99. The van der Waals surface area contributed by atoms with Crippen molar-refractivity contribution in [1.82, 2.24) is 0 Å². The predicted molar refractivity (Wildman–Crippen MR) is 37.6 cm³/mol. The number of carbonyl (C=O) groups excluding carboxylic acids is 1. The van der Waals surface area contributed by atoms with Crippen molar-refractivity contribution in [3.8, 4) is 0 Å². The summed E-state index contributed by atoms with van der Waals surface area (Å²) in [4.78, 5) is 9.99. The van der Waals surface area contributed by atoms with Crippen LogP contribution in [0.15, 0.2) is 16.8 Å². The first-order valence-corrected chi connectivity index (χ1v) is 3.94.